The molecular formula is C8H7N3O3. The lowest BCUT2D eigenvalue weighted by molar-refractivity contribution is 0.0695. The minimum atomic E-state index is -1.24. The molecule has 2 heterocycles. The van der Waals surface area contributed by atoms with Gasteiger partial charge in [-0.25, -0.2) is 4.79 Å². The molecule has 0 aliphatic carbocycles. The molecule has 2 aromatic rings. The molecule has 0 radical (unpaired) electrons. The molecule has 14 heavy (non-hydrogen) atoms. The van der Waals surface area contributed by atoms with E-state index < -0.39 is 11.4 Å². The van der Waals surface area contributed by atoms with Crippen LogP contribution in [0.4, 0.5) is 0 Å². The maximum Gasteiger partial charge on any atom is 0.341 e. The smallest absolute Gasteiger partial charge is 0.341 e. The molecule has 0 saturated heterocycles. The van der Waals surface area contributed by atoms with Gasteiger partial charge in [-0.2, -0.15) is 5.10 Å². The Labute approximate surface area is 77.8 Å². The van der Waals surface area contributed by atoms with E-state index in [1.165, 1.54) is 17.1 Å². The highest BCUT2D eigenvalue weighted by Crippen LogP contribution is 2.05. The minimum Gasteiger partial charge on any atom is -0.477 e. The first-order valence-electron chi connectivity index (χ1n) is 3.88. The summed E-state index contributed by atoms with van der Waals surface area (Å²) in [6.45, 7) is 0. The molecule has 0 aromatic carbocycles. The van der Waals surface area contributed by atoms with E-state index in [0.29, 0.717) is 5.65 Å². The maximum atomic E-state index is 11.5. The van der Waals surface area contributed by atoms with Crippen molar-refractivity contribution < 1.29 is 9.90 Å². The summed E-state index contributed by atoms with van der Waals surface area (Å²) in [5.74, 6) is -1.24. The zero-order chi connectivity index (χ0) is 10.3. The monoisotopic (exact) mass is 193 g/mol. The number of carboxylic acids is 1. The van der Waals surface area contributed by atoms with Crippen LogP contribution in [-0.2, 0) is 7.05 Å². The van der Waals surface area contributed by atoms with Gasteiger partial charge in [-0.05, 0) is 0 Å². The van der Waals surface area contributed by atoms with Crippen molar-refractivity contribution in [2.24, 2.45) is 7.05 Å². The van der Waals surface area contributed by atoms with Gasteiger partial charge in [0.15, 0.2) is 0 Å². The number of nitrogens with one attached hydrogen (secondary N) is 1. The number of nitrogens with zero attached hydrogens (tertiary/aromatic N) is 2. The van der Waals surface area contributed by atoms with Gasteiger partial charge in [0.05, 0.1) is 11.6 Å². The molecular weight excluding hydrogens is 186 g/mol. The van der Waals surface area contributed by atoms with Crippen LogP contribution in [0.15, 0.2) is 17.2 Å². The number of aromatic amines is 1. The van der Waals surface area contributed by atoms with Crippen LogP contribution in [0.5, 0.6) is 0 Å². The Balaban J connectivity index is 2.90. The summed E-state index contributed by atoms with van der Waals surface area (Å²) in [6.07, 6.45) is 2.52. The van der Waals surface area contributed by atoms with Crippen LogP contribution in [0.25, 0.3) is 11.0 Å². The first-order valence-corrected chi connectivity index (χ1v) is 3.88. The fraction of sp³-hybridized carbons (Fsp3) is 0.125. The number of hydrogen-bond acceptors (Lipinski definition) is 3. The van der Waals surface area contributed by atoms with Crippen molar-refractivity contribution in [3.05, 3.63) is 28.2 Å². The Morgan fingerprint density at radius 2 is 2.36 bits per heavy atom. The fourth-order valence-corrected chi connectivity index (χ4v) is 1.28. The molecule has 0 atom stereocenters. The lowest BCUT2D eigenvalue weighted by atomic mass is 10.2. The van der Waals surface area contributed by atoms with Gasteiger partial charge in [-0.15, -0.1) is 0 Å². The van der Waals surface area contributed by atoms with Crippen LogP contribution in [0.2, 0.25) is 0 Å². The number of fused-ring (bicyclic) bond motifs is 1. The van der Waals surface area contributed by atoms with Gasteiger partial charge < -0.3 is 10.1 Å². The molecule has 0 aliphatic heterocycles. The number of rotatable bonds is 1. The second-order valence-corrected chi connectivity index (χ2v) is 2.87. The van der Waals surface area contributed by atoms with E-state index >= 15 is 0 Å². The van der Waals surface area contributed by atoms with E-state index in [-0.39, 0.29) is 10.9 Å². The van der Waals surface area contributed by atoms with Crippen LogP contribution in [0, 0.1) is 0 Å². The van der Waals surface area contributed by atoms with E-state index in [9.17, 15) is 9.59 Å². The van der Waals surface area contributed by atoms with Crippen LogP contribution >= 0.6 is 0 Å². The second-order valence-electron chi connectivity index (χ2n) is 2.87. The van der Waals surface area contributed by atoms with Crippen molar-refractivity contribution in [2.75, 3.05) is 0 Å². The largest absolute Gasteiger partial charge is 0.477 e. The summed E-state index contributed by atoms with van der Waals surface area (Å²) < 4.78 is 1.47. The van der Waals surface area contributed by atoms with Crippen molar-refractivity contribution >= 4 is 17.0 Å². The maximum absolute atomic E-state index is 11.5. The third-order valence-electron chi connectivity index (χ3n) is 2.01. The Hall–Kier alpha value is -2.11. The number of aromatic carboxylic acids is 1. The molecule has 2 aromatic heterocycles. The van der Waals surface area contributed by atoms with Gasteiger partial charge in [0.1, 0.15) is 11.2 Å². The van der Waals surface area contributed by atoms with Crippen molar-refractivity contribution in [1.29, 1.82) is 0 Å². The van der Waals surface area contributed by atoms with Crippen molar-refractivity contribution in [2.45, 2.75) is 0 Å². The van der Waals surface area contributed by atoms with E-state index in [2.05, 4.69) is 10.1 Å². The van der Waals surface area contributed by atoms with E-state index in [1.54, 1.807) is 7.05 Å². The molecule has 0 bridgehead atoms. The predicted octanol–water partition coefficient (Wildman–Crippen LogP) is -0.0402. The molecule has 6 nitrogen and oxygen atoms in total. The van der Waals surface area contributed by atoms with Gasteiger partial charge in [0.2, 0.25) is 5.43 Å². The van der Waals surface area contributed by atoms with Gasteiger partial charge in [-0.3, -0.25) is 9.48 Å². The first-order chi connectivity index (χ1) is 6.61. The normalized spacial score (nSPS) is 10.6. The predicted molar refractivity (Wildman–Crippen MR) is 48.3 cm³/mol. The number of pyridine rings is 1. The lowest BCUT2D eigenvalue weighted by Crippen LogP contribution is -2.15. The molecule has 0 spiro atoms. The van der Waals surface area contributed by atoms with Crippen molar-refractivity contribution in [3.8, 4) is 0 Å². The topological polar surface area (TPSA) is 88.0 Å². The first kappa shape index (κ1) is 8.49. The van der Waals surface area contributed by atoms with Crippen LogP contribution < -0.4 is 5.43 Å². The lowest BCUT2D eigenvalue weighted by Gasteiger charge is -1.95. The number of aromatic nitrogens is 3. The molecule has 6 heteroatoms. The molecule has 0 saturated carbocycles. The summed E-state index contributed by atoms with van der Waals surface area (Å²) in [5.41, 5.74) is -0.273. The summed E-state index contributed by atoms with van der Waals surface area (Å²) in [7, 11) is 1.67. The Morgan fingerprint density at radius 3 is 3.00 bits per heavy atom. The molecule has 0 aliphatic rings. The molecule has 0 unspecified atom stereocenters. The zero-order valence-electron chi connectivity index (χ0n) is 7.31. The van der Waals surface area contributed by atoms with Gasteiger partial charge in [0, 0.05) is 13.2 Å². The summed E-state index contributed by atoms with van der Waals surface area (Å²) in [6, 6.07) is 0. The minimum absolute atomic E-state index is 0.273. The Morgan fingerprint density at radius 1 is 1.64 bits per heavy atom. The van der Waals surface area contributed by atoms with Crippen LogP contribution in [0.3, 0.4) is 0 Å². The average Bonchev–Trinajstić information content (AvgIpc) is 2.49. The summed E-state index contributed by atoms with van der Waals surface area (Å²) in [4.78, 5) is 24.9. The summed E-state index contributed by atoms with van der Waals surface area (Å²) in [5, 5.41) is 12.8. The summed E-state index contributed by atoms with van der Waals surface area (Å²) >= 11 is 0. The van der Waals surface area contributed by atoms with E-state index in [0.717, 1.165) is 0 Å². The molecule has 2 N–H and O–H groups in total. The molecule has 72 valence electrons. The zero-order valence-corrected chi connectivity index (χ0v) is 7.31. The number of hydrogen-bond donors (Lipinski definition) is 2. The average molecular weight is 193 g/mol. The Kier molecular flexibility index (Phi) is 1.63. The van der Waals surface area contributed by atoms with Gasteiger partial charge in [0.25, 0.3) is 0 Å². The second kappa shape index (κ2) is 2.69. The van der Waals surface area contributed by atoms with Crippen LogP contribution in [0.1, 0.15) is 10.4 Å². The van der Waals surface area contributed by atoms with Crippen molar-refractivity contribution in [1.82, 2.24) is 14.8 Å². The van der Waals surface area contributed by atoms with Crippen LogP contribution in [-0.4, -0.2) is 25.8 Å². The third-order valence-corrected chi connectivity index (χ3v) is 2.01. The van der Waals surface area contributed by atoms with E-state index in [4.69, 9.17) is 5.11 Å². The number of carboxylic acid groups (broad SMARTS) is 1. The molecule has 0 fully saturated rings. The van der Waals surface area contributed by atoms with Crippen molar-refractivity contribution in [3.63, 3.8) is 0 Å². The quantitative estimate of drug-likeness (QED) is 0.665. The number of carbonyl (C=O) groups is 1. The molecule has 0 amide bonds. The fourth-order valence-electron chi connectivity index (χ4n) is 1.28. The van der Waals surface area contributed by atoms with Gasteiger partial charge >= 0.3 is 5.97 Å². The number of aryl methyl sites for hydroxylation is 1. The standard InChI is InChI=1S/C8H7N3O3/c1-11-7-4(3-10-11)6(12)5(2-9-7)8(13)14/h2-3H,1H3,(H,9,12)(H,13,14). The van der Waals surface area contributed by atoms with Gasteiger partial charge in [-0.1, -0.05) is 0 Å². The highest BCUT2D eigenvalue weighted by Gasteiger charge is 2.12. The number of H-pyrrole nitrogens is 1. The highest BCUT2D eigenvalue weighted by atomic mass is 16.4. The SMILES string of the molecule is Cn1ncc2c(=O)c(C(=O)O)c[nH]c21. The third kappa shape index (κ3) is 1.00. The highest BCUT2D eigenvalue weighted by molar-refractivity contribution is 5.91. The van der Waals surface area contributed by atoms with E-state index in [1.807, 2.05) is 0 Å². The molecule has 2 rings (SSSR count). The Bertz CT molecular complexity index is 567.